The van der Waals surface area contributed by atoms with Crippen molar-refractivity contribution in [2.24, 2.45) is 34.0 Å². The number of fused-ring (bicyclic) bond motifs is 5. The Morgan fingerprint density at radius 3 is 2.16 bits per heavy atom. The molecule has 0 radical (unpaired) electrons. The molecule has 1 aromatic carbocycles. The van der Waals surface area contributed by atoms with E-state index in [4.69, 9.17) is 14.2 Å². The molecule has 3 aliphatic carbocycles. The predicted molar refractivity (Wildman–Crippen MR) is 161 cm³/mol. The molecular weight excluding hydrogens is 564 g/mol. The second kappa shape index (κ2) is 10.5. The van der Waals surface area contributed by atoms with Crippen LogP contribution in [0.4, 0.5) is 0 Å². The molecule has 6 unspecified atom stereocenters. The fourth-order valence-electron chi connectivity index (χ4n) is 8.88. The number of aliphatic hydroxyl groups excluding tert-OH is 1. The average molecular weight is 613 g/mol. The summed E-state index contributed by atoms with van der Waals surface area (Å²) in [5.41, 5.74) is -5.13. The first kappa shape index (κ1) is 32.8. The fraction of sp³-hybridized carbons (Fsp3) is 0.686. The third-order valence-corrected chi connectivity index (χ3v) is 12.0. The van der Waals surface area contributed by atoms with Gasteiger partial charge in [-0.25, -0.2) is 9.59 Å². The number of esters is 2. The van der Waals surface area contributed by atoms with Gasteiger partial charge in [0.15, 0.2) is 6.10 Å². The Hall–Kier alpha value is -2.59. The summed E-state index contributed by atoms with van der Waals surface area (Å²) in [6, 6.07) is 8.40. The third kappa shape index (κ3) is 4.37. The SMILES string of the molecule is CC1=C2[C@@H](C)C(=O)[C@@]3(C)C(C(OC(=O)c4ccccc4)C(O)(CC1OC(=O)C(O)C(C)C)C2(C)C)[C@]1(O)COC1CC3(C)C. The van der Waals surface area contributed by atoms with Crippen molar-refractivity contribution in [2.75, 3.05) is 6.61 Å². The number of benzene rings is 1. The molecular formula is C35H48O9. The van der Waals surface area contributed by atoms with Crippen molar-refractivity contribution in [3.8, 4) is 0 Å². The molecule has 1 heterocycles. The Morgan fingerprint density at radius 1 is 1.00 bits per heavy atom. The van der Waals surface area contributed by atoms with Crippen molar-refractivity contribution in [3.63, 3.8) is 0 Å². The van der Waals surface area contributed by atoms with E-state index < -0.39 is 81.6 Å². The van der Waals surface area contributed by atoms with Gasteiger partial charge in [-0.1, -0.05) is 73.6 Å². The lowest BCUT2D eigenvalue weighted by molar-refractivity contribution is -0.348. The molecule has 9 nitrogen and oxygen atoms in total. The maximum Gasteiger partial charge on any atom is 0.338 e. The summed E-state index contributed by atoms with van der Waals surface area (Å²) in [7, 11) is 0. The van der Waals surface area contributed by atoms with Crippen LogP contribution in [-0.4, -0.2) is 75.3 Å². The van der Waals surface area contributed by atoms with Gasteiger partial charge in [-0.15, -0.1) is 0 Å². The van der Waals surface area contributed by atoms with Gasteiger partial charge in [0.05, 0.1) is 18.3 Å². The van der Waals surface area contributed by atoms with Crippen LogP contribution in [0.5, 0.6) is 0 Å². The van der Waals surface area contributed by atoms with E-state index in [9.17, 15) is 29.7 Å². The van der Waals surface area contributed by atoms with Crippen LogP contribution in [0.2, 0.25) is 0 Å². The number of ether oxygens (including phenoxy) is 3. The fourth-order valence-corrected chi connectivity index (χ4v) is 8.88. The molecule has 1 saturated heterocycles. The first-order valence-corrected chi connectivity index (χ1v) is 15.7. The van der Waals surface area contributed by atoms with Crippen LogP contribution in [-0.2, 0) is 23.8 Å². The summed E-state index contributed by atoms with van der Waals surface area (Å²) >= 11 is 0. The van der Waals surface area contributed by atoms with Gasteiger partial charge in [-0.05, 0) is 48.0 Å². The summed E-state index contributed by atoms with van der Waals surface area (Å²) < 4.78 is 18.1. The third-order valence-electron chi connectivity index (χ3n) is 12.0. The quantitative estimate of drug-likeness (QED) is 0.332. The molecule has 0 amide bonds. The summed E-state index contributed by atoms with van der Waals surface area (Å²) in [5, 5.41) is 36.0. The zero-order valence-corrected chi connectivity index (χ0v) is 27.3. The zero-order chi connectivity index (χ0) is 32.8. The first-order valence-electron chi connectivity index (χ1n) is 15.7. The van der Waals surface area contributed by atoms with Crippen LogP contribution >= 0.6 is 0 Å². The largest absolute Gasteiger partial charge is 0.456 e. The van der Waals surface area contributed by atoms with Crippen molar-refractivity contribution in [2.45, 2.75) is 111 Å². The van der Waals surface area contributed by atoms with E-state index in [1.807, 2.05) is 34.6 Å². The van der Waals surface area contributed by atoms with Crippen LogP contribution < -0.4 is 0 Å². The molecule has 3 N–H and O–H groups in total. The second-order valence-corrected chi connectivity index (χ2v) is 15.3. The highest BCUT2D eigenvalue weighted by Crippen LogP contribution is 2.68. The minimum absolute atomic E-state index is 0.0771. The molecule has 9 atom stereocenters. The highest BCUT2D eigenvalue weighted by Gasteiger charge is 2.77. The smallest absolute Gasteiger partial charge is 0.338 e. The van der Waals surface area contributed by atoms with Crippen molar-refractivity contribution < 1.29 is 43.9 Å². The Morgan fingerprint density at radius 2 is 1.61 bits per heavy atom. The van der Waals surface area contributed by atoms with E-state index in [0.29, 0.717) is 17.6 Å². The lowest BCUT2D eigenvalue weighted by Crippen LogP contribution is -2.81. The Balaban J connectivity index is 1.77. The lowest BCUT2D eigenvalue weighted by atomic mass is 9.39. The van der Waals surface area contributed by atoms with E-state index in [1.165, 1.54) is 0 Å². The molecule has 2 saturated carbocycles. The molecule has 3 fully saturated rings. The zero-order valence-electron chi connectivity index (χ0n) is 27.3. The molecule has 2 bridgehead atoms. The average Bonchev–Trinajstić information content (AvgIpc) is 2.95. The van der Waals surface area contributed by atoms with Crippen molar-refractivity contribution >= 4 is 17.7 Å². The molecule has 0 aromatic heterocycles. The Kier molecular flexibility index (Phi) is 7.81. The summed E-state index contributed by atoms with van der Waals surface area (Å²) in [6.45, 7) is 16.3. The molecule has 0 spiro atoms. The number of hydrogen-bond donors (Lipinski definition) is 3. The molecule has 1 aromatic rings. The molecule has 9 heteroatoms. The van der Waals surface area contributed by atoms with Crippen LogP contribution in [0.1, 0.15) is 85.5 Å². The van der Waals surface area contributed by atoms with Crippen molar-refractivity contribution in [1.82, 2.24) is 0 Å². The minimum atomic E-state index is -1.91. The maximum absolute atomic E-state index is 15.0. The first-order chi connectivity index (χ1) is 20.3. The number of carbonyl (C=O) groups excluding carboxylic acids is 3. The summed E-state index contributed by atoms with van der Waals surface area (Å²) in [5.74, 6) is -3.88. The number of ketones is 1. The molecule has 242 valence electrons. The van der Waals surface area contributed by atoms with E-state index in [1.54, 1.807) is 58.0 Å². The Bertz CT molecular complexity index is 1380. The number of Topliss-reactive ketones (excluding diaryl/α,β-unsaturated/α-hetero) is 1. The summed E-state index contributed by atoms with van der Waals surface area (Å²) in [6.07, 6.45) is -4.19. The van der Waals surface area contributed by atoms with Crippen molar-refractivity contribution in [3.05, 3.63) is 47.0 Å². The van der Waals surface area contributed by atoms with Gasteiger partial charge in [0.1, 0.15) is 29.2 Å². The van der Waals surface area contributed by atoms with E-state index in [2.05, 4.69) is 0 Å². The predicted octanol–water partition coefficient (Wildman–Crippen LogP) is 4.02. The van der Waals surface area contributed by atoms with Gasteiger partial charge in [0.2, 0.25) is 0 Å². The van der Waals surface area contributed by atoms with Gasteiger partial charge in [0.25, 0.3) is 0 Å². The number of carbonyl (C=O) groups is 3. The van der Waals surface area contributed by atoms with Crippen LogP contribution in [0, 0.1) is 34.0 Å². The molecule has 5 rings (SSSR count). The highest BCUT2D eigenvalue weighted by molar-refractivity contribution is 5.92. The van der Waals surface area contributed by atoms with Gasteiger partial charge >= 0.3 is 11.9 Å². The molecule has 4 aliphatic rings. The van der Waals surface area contributed by atoms with Crippen molar-refractivity contribution in [1.29, 1.82) is 0 Å². The number of hydrogen-bond acceptors (Lipinski definition) is 9. The van der Waals surface area contributed by atoms with E-state index in [-0.39, 0.29) is 24.4 Å². The normalized spacial score (nSPS) is 39.7. The Labute approximate surface area is 260 Å². The molecule has 1 aliphatic heterocycles. The van der Waals surface area contributed by atoms with Gasteiger partial charge in [-0.2, -0.15) is 0 Å². The van der Waals surface area contributed by atoms with Gasteiger partial charge in [0, 0.05) is 29.1 Å². The van der Waals surface area contributed by atoms with E-state index >= 15 is 0 Å². The van der Waals surface area contributed by atoms with Crippen LogP contribution in [0.25, 0.3) is 0 Å². The summed E-state index contributed by atoms with van der Waals surface area (Å²) in [4.78, 5) is 41.9. The lowest BCUT2D eigenvalue weighted by Gasteiger charge is -2.70. The molecule has 44 heavy (non-hydrogen) atoms. The van der Waals surface area contributed by atoms with Crippen LogP contribution in [0.15, 0.2) is 41.5 Å². The maximum atomic E-state index is 15.0. The van der Waals surface area contributed by atoms with Gasteiger partial charge < -0.3 is 29.5 Å². The number of rotatable bonds is 5. The monoisotopic (exact) mass is 612 g/mol. The topological polar surface area (TPSA) is 140 Å². The van der Waals surface area contributed by atoms with Crippen LogP contribution in [0.3, 0.4) is 0 Å². The minimum Gasteiger partial charge on any atom is -0.456 e. The number of aliphatic hydroxyl groups is 3. The standard InChI is InChI=1S/C35H48O9/c1-18(2)25(36)30(39)43-22-15-35(41)28(44-29(38)21-13-11-10-12-14-21)26-33(9,31(5,6)16-23-34(26,40)17-42-23)27(37)20(4)24(19(22)3)32(35,7)8/h10-14,18,20,22-23,25-26,28,36,40-41H,15-17H2,1-9H3/t20-,22?,23?,25?,26?,28?,33-,34+,35?/m1/s1. The highest BCUT2D eigenvalue weighted by atomic mass is 16.6. The van der Waals surface area contributed by atoms with Gasteiger partial charge in [-0.3, -0.25) is 4.79 Å². The second-order valence-electron chi connectivity index (χ2n) is 15.3. The van der Waals surface area contributed by atoms with E-state index in [0.717, 1.165) is 0 Å².